The lowest BCUT2D eigenvalue weighted by Gasteiger charge is -2.16. The van der Waals surface area contributed by atoms with Crippen molar-refractivity contribution in [2.75, 3.05) is 24.6 Å². The van der Waals surface area contributed by atoms with Crippen LogP contribution in [0.5, 0.6) is 0 Å². The number of nitrogens with zero attached hydrogens (tertiary/aromatic N) is 3. The topological polar surface area (TPSA) is 62.2 Å². The average Bonchev–Trinajstić information content (AvgIpc) is 2.82. The van der Waals surface area contributed by atoms with E-state index in [4.69, 9.17) is 4.84 Å². The zero-order valence-corrected chi connectivity index (χ0v) is 13.1. The van der Waals surface area contributed by atoms with E-state index in [0.717, 1.165) is 5.56 Å². The fourth-order valence-corrected chi connectivity index (χ4v) is 2.19. The number of amides is 3. The fraction of sp³-hybridized carbons (Fsp3) is 0.235. The van der Waals surface area contributed by atoms with Gasteiger partial charge in [0.2, 0.25) is 0 Å². The third kappa shape index (κ3) is 3.66. The van der Waals surface area contributed by atoms with Crippen LogP contribution < -0.4 is 4.90 Å². The Hall–Kier alpha value is -2.89. The maximum absolute atomic E-state index is 12.2. The first-order valence-corrected chi connectivity index (χ1v) is 7.19. The first-order chi connectivity index (χ1) is 11.1. The summed E-state index contributed by atoms with van der Waals surface area (Å²) in [6.45, 7) is 9.71. The Kier molecular flexibility index (Phi) is 5.30. The van der Waals surface area contributed by atoms with E-state index in [1.807, 2.05) is 6.92 Å². The summed E-state index contributed by atoms with van der Waals surface area (Å²) in [6.07, 6.45) is 3.21. The van der Waals surface area contributed by atoms with Gasteiger partial charge in [0.15, 0.2) is 0 Å². The lowest BCUT2D eigenvalue weighted by molar-refractivity contribution is -0.116. The molecular weight excluding hydrogens is 294 g/mol. The molecule has 23 heavy (non-hydrogen) atoms. The van der Waals surface area contributed by atoms with Crippen LogP contribution in [0.4, 0.5) is 10.5 Å². The molecule has 0 radical (unpaired) electrons. The molecule has 6 nitrogen and oxygen atoms in total. The van der Waals surface area contributed by atoms with Gasteiger partial charge in [-0.1, -0.05) is 36.0 Å². The van der Waals surface area contributed by atoms with Crippen molar-refractivity contribution in [1.82, 2.24) is 4.90 Å². The number of carbonyl (C=O) groups is 2. The lowest BCUT2D eigenvalue weighted by Crippen LogP contribution is -2.33. The molecule has 0 aliphatic carbocycles. The van der Waals surface area contributed by atoms with Crippen molar-refractivity contribution < 1.29 is 14.4 Å². The van der Waals surface area contributed by atoms with Crippen LogP contribution in [0.1, 0.15) is 12.5 Å². The summed E-state index contributed by atoms with van der Waals surface area (Å²) in [5.74, 6) is -0.246. The van der Waals surface area contributed by atoms with Gasteiger partial charge in [0.25, 0.3) is 5.91 Å². The number of hydrogen-bond acceptors (Lipinski definition) is 4. The molecule has 1 saturated heterocycles. The Labute approximate surface area is 135 Å². The Bertz CT molecular complexity index is 650. The second-order valence-electron chi connectivity index (χ2n) is 4.99. The van der Waals surface area contributed by atoms with Gasteiger partial charge in [-0.3, -0.25) is 4.79 Å². The summed E-state index contributed by atoms with van der Waals surface area (Å²) in [7, 11) is 0. The van der Waals surface area contributed by atoms with Gasteiger partial charge in [0.1, 0.15) is 13.2 Å². The number of hydrogen-bond donors (Lipinski definition) is 0. The van der Waals surface area contributed by atoms with Gasteiger partial charge >= 0.3 is 6.03 Å². The molecule has 1 heterocycles. The van der Waals surface area contributed by atoms with E-state index in [1.165, 1.54) is 9.80 Å². The Balaban J connectivity index is 2.15. The molecule has 0 bridgehead atoms. The predicted molar refractivity (Wildman–Crippen MR) is 89.5 cm³/mol. The van der Waals surface area contributed by atoms with E-state index >= 15 is 0 Å². The molecule has 3 amide bonds. The van der Waals surface area contributed by atoms with Crippen LogP contribution >= 0.6 is 0 Å². The van der Waals surface area contributed by atoms with Crippen molar-refractivity contribution in [3.05, 3.63) is 55.1 Å². The molecule has 6 heteroatoms. The van der Waals surface area contributed by atoms with Crippen molar-refractivity contribution in [2.24, 2.45) is 5.16 Å². The summed E-state index contributed by atoms with van der Waals surface area (Å²) in [6, 6.07) is 6.69. The van der Waals surface area contributed by atoms with E-state index in [-0.39, 0.29) is 18.5 Å². The molecule has 0 aromatic heterocycles. The Morgan fingerprint density at radius 3 is 2.57 bits per heavy atom. The van der Waals surface area contributed by atoms with Crippen LogP contribution in [-0.4, -0.2) is 42.2 Å². The molecule has 2 rings (SSSR count). The standard InChI is InChI=1S/C17H19N3O3/c1-4-10-19-12-16(21)20(17(19)22)15-8-6-14(7-9-15)13(3)18-23-11-5-2/h4-9H,1-2,10-12H2,3H3/b18-13-. The quantitative estimate of drug-likeness (QED) is 0.255. The van der Waals surface area contributed by atoms with Gasteiger partial charge in [-0.05, 0) is 24.6 Å². The predicted octanol–water partition coefficient (Wildman–Crippen LogP) is 2.57. The smallest absolute Gasteiger partial charge is 0.332 e. The van der Waals surface area contributed by atoms with Gasteiger partial charge in [-0.15, -0.1) is 6.58 Å². The van der Waals surface area contributed by atoms with E-state index in [1.54, 1.807) is 36.4 Å². The van der Waals surface area contributed by atoms with E-state index in [2.05, 4.69) is 18.3 Å². The highest BCUT2D eigenvalue weighted by Crippen LogP contribution is 2.22. The van der Waals surface area contributed by atoms with Crippen LogP contribution in [0, 0.1) is 0 Å². The van der Waals surface area contributed by atoms with Crippen LogP contribution in [-0.2, 0) is 9.63 Å². The number of oxime groups is 1. The lowest BCUT2D eigenvalue weighted by atomic mass is 10.1. The molecule has 1 aromatic rings. The van der Waals surface area contributed by atoms with Crippen LogP contribution in [0.25, 0.3) is 0 Å². The van der Waals surface area contributed by atoms with E-state index < -0.39 is 0 Å². The minimum Gasteiger partial charge on any atom is -0.391 e. The van der Waals surface area contributed by atoms with Crippen molar-refractivity contribution in [2.45, 2.75) is 6.92 Å². The molecular formula is C17H19N3O3. The zero-order valence-electron chi connectivity index (χ0n) is 13.1. The van der Waals surface area contributed by atoms with Crippen LogP contribution in [0.2, 0.25) is 0 Å². The monoisotopic (exact) mass is 313 g/mol. The molecule has 0 saturated carbocycles. The number of benzene rings is 1. The zero-order chi connectivity index (χ0) is 16.8. The Morgan fingerprint density at radius 1 is 1.26 bits per heavy atom. The first-order valence-electron chi connectivity index (χ1n) is 7.19. The van der Waals surface area contributed by atoms with Crippen molar-refractivity contribution in [1.29, 1.82) is 0 Å². The number of imide groups is 1. The summed E-state index contributed by atoms with van der Waals surface area (Å²) in [5, 5.41) is 3.96. The van der Waals surface area contributed by atoms with E-state index in [0.29, 0.717) is 24.6 Å². The van der Waals surface area contributed by atoms with Crippen molar-refractivity contribution in [3.8, 4) is 0 Å². The number of rotatable bonds is 7. The average molecular weight is 313 g/mol. The highest BCUT2D eigenvalue weighted by Gasteiger charge is 2.36. The summed E-state index contributed by atoms with van der Waals surface area (Å²) in [4.78, 5) is 31.9. The molecule has 120 valence electrons. The van der Waals surface area contributed by atoms with E-state index in [9.17, 15) is 9.59 Å². The van der Waals surface area contributed by atoms with Gasteiger partial charge in [0, 0.05) is 6.54 Å². The molecule has 0 spiro atoms. The third-order valence-electron chi connectivity index (χ3n) is 3.32. The highest BCUT2D eigenvalue weighted by molar-refractivity contribution is 6.19. The first kappa shape index (κ1) is 16.5. The van der Waals surface area contributed by atoms with Crippen molar-refractivity contribution >= 4 is 23.3 Å². The molecule has 0 unspecified atom stereocenters. The van der Waals surface area contributed by atoms with Gasteiger partial charge in [-0.25, -0.2) is 9.69 Å². The second kappa shape index (κ2) is 7.40. The van der Waals surface area contributed by atoms with Gasteiger partial charge < -0.3 is 9.74 Å². The molecule has 1 aliphatic heterocycles. The maximum atomic E-state index is 12.2. The second-order valence-corrected chi connectivity index (χ2v) is 4.99. The molecule has 0 N–H and O–H groups in total. The largest absolute Gasteiger partial charge is 0.391 e. The van der Waals surface area contributed by atoms with Crippen LogP contribution in [0.15, 0.2) is 54.7 Å². The SMILES string of the molecule is C=CCO/N=C(/C)c1ccc(N2C(=O)CN(CC=C)C2=O)cc1. The Morgan fingerprint density at radius 2 is 1.96 bits per heavy atom. The minimum absolute atomic E-state index is 0.0719. The summed E-state index contributed by atoms with van der Waals surface area (Å²) in [5.41, 5.74) is 2.08. The minimum atomic E-state index is -0.331. The van der Waals surface area contributed by atoms with Gasteiger partial charge in [0.05, 0.1) is 11.4 Å². The molecule has 0 atom stereocenters. The summed E-state index contributed by atoms with van der Waals surface area (Å²) < 4.78 is 0. The number of urea groups is 1. The molecule has 1 aliphatic rings. The molecule has 1 fully saturated rings. The highest BCUT2D eigenvalue weighted by atomic mass is 16.6. The van der Waals surface area contributed by atoms with Crippen LogP contribution in [0.3, 0.4) is 0 Å². The fourth-order valence-electron chi connectivity index (χ4n) is 2.19. The van der Waals surface area contributed by atoms with Crippen molar-refractivity contribution in [3.63, 3.8) is 0 Å². The van der Waals surface area contributed by atoms with Gasteiger partial charge in [-0.2, -0.15) is 0 Å². The third-order valence-corrected chi connectivity index (χ3v) is 3.32. The maximum Gasteiger partial charge on any atom is 0.332 e. The number of carbonyl (C=O) groups excluding carboxylic acids is 2. The number of anilines is 1. The summed E-state index contributed by atoms with van der Waals surface area (Å²) >= 11 is 0. The molecule has 1 aromatic carbocycles. The normalized spacial score (nSPS) is 15.1.